The molecule has 0 spiro atoms. The number of hydrogen-bond acceptors (Lipinski definition) is 8. The second kappa shape index (κ2) is 10.5. The van der Waals surface area contributed by atoms with Gasteiger partial charge in [-0.05, 0) is 52.2 Å². The van der Waals surface area contributed by atoms with Crippen molar-refractivity contribution >= 4 is 22.5 Å². The first-order valence-corrected chi connectivity index (χ1v) is 13.2. The number of aromatic nitrogens is 2. The smallest absolute Gasteiger partial charge is 0.255 e. The molecule has 2 fully saturated rings. The maximum atomic E-state index is 13.8. The predicted octanol–water partition coefficient (Wildman–Crippen LogP) is 4.08. The summed E-state index contributed by atoms with van der Waals surface area (Å²) in [5.74, 6) is 0.399. The van der Waals surface area contributed by atoms with Gasteiger partial charge in [0.05, 0.1) is 41.2 Å². The van der Waals surface area contributed by atoms with Gasteiger partial charge in [-0.3, -0.25) is 14.8 Å². The van der Waals surface area contributed by atoms with Gasteiger partial charge in [0, 0.05) is 60.5 Å². The summed E-state index contributed by atoms with van der Waals surface area (Å²) in [5.41, 5.74) is 4.66. The number of ether oxygens (including phenoxy) is 1. The number of phenolic OH excluding ortho intramolecular Hbond substituents is 1. The van der Waals surface area contributed by atoms with Gasteiger partial charge < -0.3 is 25.4 Å². The minimum Gasteiger partial charge on any atom is -0.506 e. The topological polar surface area (TPSA) is 123 Å². The van der Waals surface area contributed by atoms with Gasteiger partial charge in [0.2, 0.25) is 0 Å². The molecule has 2 aliphatic rings. The Kier molecular flexibility index (Phi) is 7.09. The molecule has 0 radical (unpaired) electrons. The number of aryl methyl sites for hydroxylation is 1. The zero-order chi connectivity index (χ0) is 27.0. The van der Waals surface area contributed by atoms with E-state index in [1.165, 1.54) is 13.2 Å². The first kappa shape index (κ1) is 25.7. The molecule has 5 rings (SSSR count). The summed E-state index contributed by atoms with van der Waals surface area (Å²) in [6.45, 7) is 8.34. The lowest BCUT2D eigenvalue weighted by Gasteiger charge is -2.27. The van der Waals surface area contributed by atoms with Gasteiger partial charge in [0.15, 0.2) is 0 Å². The fourth-order valence-corrected chi connectivity index (χ4v) is 5.24. The van der Waals surface area contributed by atoms with E-state index < -0.39 is 6.04 Å². The summed E-state index contributed by atoms with van der Waals surface area (Å²) in [5, 5.41) is 27.6. The Labute approximate surface area is 222 Å². The second-order valence-electron chi connectivity index (χ2n) is 10.4. The van der Waals surface area contributed by atoms with Crippen molar-refractivity contribution < 1.29 is 14.6 Å². The normalized spacial score (nSPS) is 18.5. The Morgan fingerprint density at radius 1 is 1.29 bits per heavy atom. The van der Waals surface area contributed by atoms with Gasteiger partial charge >= 0.3 is 0 Å². The number of methoxy groups -OCH3 is 1. The molecule has 2 atom stereocenters. The van der Waals surface area contributed by atoms with Crippen molar-refractivity contribution in [3.63, 3.8) is 0 Å². The van der Waals surface area contributed by atoms with E-state index in [0.717, 1.165) is 66.9 Å². The number of benzene rings is 1. The summed E-state index contributed by atoms with van der Waals surface area (Å²) in [7, 11) is 1.50. The maximum absolute atomic E-state index is 13.8. The number of carbonyl (C=O) groups excluding carboxylic acids is 1. The first-order chi connectivity index (χ1) is 18.3. The monoisotopic (exact) mass is 514 g/mol. The van der Waals surface area contributed by atoms with E-state index >= 15 is 0 Å². The number of nitrogens with one attached hydrogen (secondary N) is 2. The van der Waals surface area contributed by atoms with Crippen LogP contribution in [0, 0.1) is 18.3 Å². The lowest BCUT2D eigenvalue weighted by molar-refractivity contribution is 0.0939. The Hall–Kier alpha value is -3.90. The van der Waals surface area contributed by atoms with Crippen molar-refractivity contribution in [2.24, 2.45) is 0 Å². The molecule has 3 heterocycles. The number of anilines is 1. The number of hydrogen-bond donors (Lipinski definition) is 3. The second-order valence-corrected chi connectivity index (χ2v) is 10.4. The van der Waals surface area contributed by atoms with E-state index in [2.05, 4.69) is 22.5 Å². The van der Waals surface area contributed by atoms with Crippen LogP contribution in [0.15, 0.2) is 24.4 Å². The molecule has 0 bridgehead atoms. The average molecular weight is 515 g/mol. The molecule has 1 aliphatic heterocycles. The Balaban J connectivity index is 1.58. The number of rotatable bonds is 6. The largest absolute Gasteiger partial charge is 0.506 e. The van der Waals surface area contributed by atoms with Gasteiger partial charge in [-0.15, -0.1) is 0 Å². The number of nitriles is 1. The van der Waals surface area contributed by atoms with Crippen LogP contribution in [0.1, 0.15) is 77.9 Å². The van der Waals surface area contributed by atoms with E-state index in [1.54, 1.807) is 19.2 Å². The van der Waals surface area contributed by atoms with E-state index in [0.29, 0.717) is 28.8 Å². The minimum atomic E-state index is -0.583. The van der Waals surface area contributed by atoms with E-state index in [-0.39, 0.29) is 17.2 Å². The number of amides is 1. The van der Waals surface area contributed by atoms with Crippen LogP contribution in [-0.2, 0) is 0 Å². The van der Waals surface area contributed by atoms with Crippen molar-refractivity contribution in [3.05, 3.63) is 52.5 Å². The summed E-state index contributed by atoms with van der Waals surface area (Å²) < 4.78 is 5.30. The Morgan fingerprint density at radius 2 is 2.08 bits per heavy atom. The summed E-state index contributed by atoms with van der Waals surface area (Å²) >= 11 is 0. The number of nitrogens with zero attached hydrogens (tertiary/aromatic N) is 4. The third kappa shape index (κ3) is 4.96. The molecule has 9 nitrogen and oxygen atoms in total. The highest BCUT2D eigenvalue weighted by molar-refractivity contribution is 6.08. The summed E-state index contributed by atoms with van der Waals surface area (Å²) in [4.78, 5) is 25.7. The average Bonchev–Trinajstić information content (AvgIpc) is 3.76. The van der Waals surface area contributed by atoms with Crippen LogP contribution in [0.3, 0.4) is 0 Å². The van der Waals surface area contributed by atoms with Crippen molar-refractivity contribution in [3.8, 4) is 17.6 Å². The number of pyridine rings is 2. The first-order valence-electron chi connectivity index (χ1n) is 13.2. The van der Waals surface area contributed by atoms with Gasteiger partial charge in [0.1, 0.15) is 17.6 Å². The van der Waals surface area contributed by atoms with Crippen LogP contribution >= 0.6 is 0 Å². The molecular formula is C29H34N6O3. The molecule has 1 aromatic carbocycles. The molecular weight excluding hydrogens is 480 g/mol. The fraction of sp³-hybridized carbons (Fsp3) is 0.448. The quantitative estimate of drug-likeness (QED) is 0.450. The molecule has 3 N–H and O–H groups in total. The maximum Gasteiger partial charge on any atom is 0.255 e. The molecule has 38 heavy (non-hydrogen) atoms. The number of fused-ring (bicyclic) bond motifs is 1. The fourth-order valence-electron chi connectivity index (χ4n) is 5.24. The number of phenols is 1. The van der Waals surface area contributed by atoms with Crippen molar-refractivity contribution in [1.82, 2.24) is 20.6 Å². The van der Waals surface area contributed by atoms with Crippen molar-refractivity contribution in [2.75, 3.05) is 31.6 Å². The van der Waals surface area contributed by atoms with Crippen LogP contribution < -0.4 is 20.3 Å². The predicted molar refractivity (Wildman–Crippen MR) is 146 cm³/mol. The van der Waals surface area contributed by atoms with Gasteiger partial charge in [-0.25, -0.2) is 0 Å². The van der Waals surface area contributed by atoms with Gasteiger partial charge in [-0.2, -0.15) is 5.26 Å². The summed E-state index contributed by atoms with van der Waals surface area (Å²) in [6.07, 6.45) is 4.84. The third-order valence-electron chi connectivity index (χ3n) is 7.50. The zero-order valence-corrected chi connectivity index (χ0v) is 22.3. The number of aromatic hydroxyl groups is 1. The molecule has 1 amide bonds. The molecule has 1 saturated carbocycles. The SMILES string of the molecule is COc1cc(C#N)c(O)c([C@H](C)NC(=O)c2cnc3c(C4CC4)nc(C)cc3c2N2CCN[C@@H](C)CC2)c1. The minimum absolute atomic E-state index is 0.0928. The van der Waals surface area contributed by atoms with Crippen LogP contribution in [0.5, 0.6) is 11.5 Å². The highest BCUT2D eigenvalue weighted by atomic mass is 16.5. The van der Waals surface area contributed by atoms with Crippen LogP contribution in [0.4, 0.5) is 5.69 Å². The lowest BCUT2D eigenvalue weighted by Crippen LogP contribution is -2.33. The number of carbonyl (C=O) groups is 1. The van der Waals surface area contributed by atoms with Crippen molar-refractivity contribution in [1.29, 1.82) is 5.26 Å². The van der Waals surface area contributed by atoms with Crippen LogP contribution in [-0.4, -0.2) is 53.8 Å². The van der Waals surface area contributed by atoms with Crippen molar-refractivity contribution in [2.45, 2.75) is 58.0 Å². The molecule has 3 aromatic rings. The summed E-state index contributed by atoms with van der Waals surface area (Å²) in [6, 6.07) is 6.94. The zero-order valence-electron chi connectivity index (χ0n) is 22.3. The molecule has 0 unspecified atom stereocenters. The highest BCUT2D eigenvalue weighted by Crippen LogP contribution is 2.43. The van der Waals surface area contributed by atoms with E-state index in [4.69, 9.17) is 14.7 Å². The molecule has 198 valence electrons. The van der Waals surface area contributed by atoms with Gasteiger partial charge in [-0.1, -0.05) is 0 Å². The third-order valence-corrected chi connectivity index (χ3v) is 7.50. The Morgan fingerprint density at radius 3 is 2.79 bits per heavy atom. The molecule has 1 aliphatic carbocycles. The van der Waals surface area contributed by atoms with Crippen LogP contribution in [0.25, 0.3) is 10.9 Å². The molecule has 2 aromatic heterocycles. The van der Waals surface area contributed by atoms with Gasteiger partial charge in [0.25, 0.3) is 5.91 Å². The highest BCUT2D eigenvalue weighted by Gasteiger charge is 2.31. The molecule has 9 heteroatoms. The Bertz CT molecular complexity index is 1430. The lowest BCUT2D eigenvalue weighted by atomic mass is 10.0. The van der Waals surface area contributed by atoms with Crippen LogP contribution in [0.2, 0.25) is 0 Å². The molecule has 1 saturated heterocycles. The standard InChI is InChI=1S/C29H34N6O3/c1-16-7-9-35(10-8-31-16)27-23-11-17(2)33-25(19-5-6-19)26(23)32-15-24(27)29(37)34-18(3)22-13-21(38-4)12-20(14-30)28(22)36/h11-13,15-16,18-19,31,36H,5-10H2,1-4H3,(H,34,37)/t16-,18-/m0/s1. The van der Waals surface area contributed by atoms with E-state index in [1.807, 2.05) is 19.1 Å². The van der Waals surface area contributed by atoms with E-state index in [9.17, 15) is 15.2 Å².